The van der Waals surface area contributed by atoms with Crippen LogP contribution in [0, 0.1) is 0 Å². The summed E-state index contributed by atoms with van der Waals surface area (Å²) in [5.41, 5.74) is 1.20. The van der Waals surface area contributed by atoms with Gasteiger partial charge < -0.3 is 9.84 Å². The first-order valence-electron chi connectivity index (χ1n) is 6.44. The van der Waals surface area contributed by atoms with Crippen molar-refractivity contribution in [1.29, 1.82) is 0 Å². The molecular weight excluding hydrogens is 324 g/mol. The Kier molecular flexibility index (Phi) is 3.77. The zero-order valence-corrected chi connectivity index (χ0v) is 12.3. The molecule has 0 atom stereocenters. The monoisotopic (exact) mass is 336 g/mol. The SMILES string of the molecule is O=C(NCCc1ccon1)c1nc(C2CC2)ncc1Br. The fraction of sp³-hybridized carbons (Fsp3) is 0.385. The van der Waals surface area contributed by atoms with E-state index >= 15 is 0 Å². The first kappa shape index (κ1) is 13.2. The van der Waals surface area contributed by atoms with Crippen LogP contribution in [0.5, 0.6) is 0 Å². The normalized spacial score (nSPS) is 14.2. The molecule has 0 radical (unpaired) electrons. The molecule has 0 bridgehead atoms. The summed E-state index contributed by atoms with van der Waals surface area (Å²) in [4.78, 5) is 20.7. The highest BCUT2D eigenvalue weighted by Gasteiger charge is 2.27. The average molecular weight is 337 g/mol. The molecule has 1 fully saturated rings. The van der Waals surface area contributed by atoms with Crippen molar-refractivity contribution in [3.8, 4) is 0 Å². The minimum Gasteiger partial charge on any atom is -0.365 e. The van der Waals surface area contributed by atoms with E-state index in [9.17, 15) is 4.79 Å². The number of amides is 1. The van der Waals surface area contributed by atoms with Gasteiger partial charge in [-0.15, -0.1) is 0 Å². The molecule has 0 aromatic carbocycles. The Labute approximate surface area is 124 Å². The first-order valence-corrected chi connectivity index (χ1v) is 7.23. The third-order valence-corrected chi connectivity index (χ3v) is 3.66. The predicted molar refractivity (Wildman–Crippen MR) is 74.2 cm³/mol. The largest absolute Gasteiger partial charge is 0.365 e. The van der Waals surface area contributed by atoms with Crippen molar-refractivity contribution < 1.29 is 9.32 Å². The van der Waals surface area contributed by atoms with Gasteiger partial charge in [0, 0.05) is 31.1 Å². The fourth-order valence-corrected chi connectivity index (χ4v) is 2.20. The van der Waals surface area contributed by atoms with Gasteiger partial charge in [0.05, 0.1) is 10.2 Å². The van der Waals surface area contributed by atoms with Crippen LogP contribution in [-0.4, -0.2) is 27.6 Å². The van der Waals surface area contributed by atoms with Crippen LogP contribution in [0.4, 0.5) is 0 Å². The molecule has 6 nitrogen and oxygen atoms in total. The number of halogens is 1. The Morgan fingerprint density at radius 1 is 1.50 bits per heavy atom. The molecule has 20 heavy (non-hydrogen) atoms. The molecule has 1 amide bonds. The van der Waals surface area contributed by atoms with Crippen LogP contribution in [0.25, 0.3) is 0 Å². The van der Waals surface area contributed by atoms with E-state index in [4.69, 9.17) is 4.52 Å². The maximum absolute atomic E-state index is 12.1. The van der Waals surface area contributed by atoms with Crippen molar-refractivity contribution in [2.75, 3.05) is 6.54 Å². The Morgan fingerprint density at radius 2 is 2.35 bits per heavy atom. The van der Waals surface area contributed by atoms with Crippen molar-refractivity contribution >= 4 is 21.8 Å². The summed E-state index contributed by atoms with van der Waals surface area (Å²) in [7, 11) is 0. The molecule has 2 aromatic heterocycles. The van der Waals surface area contributed by atoms with Gasteiger partial charge in [-0.3, -0.25) is 4.79 Å². The van der Waals surface area contributed by atoms with Crippen LogP contribution < -0.4 is 5.32 Å². The number of aromatic nitrogens is 3. The van der Waals surface area contributed by atoms with Crippen molar-refractivity contribution in [2.24, 2.45) is 0 Å². The van der Waals surface area contributed by atoms with Crippen molar-refractivity contribution in [3.63, 3.8) is 0 Å². The second-order valence-electron chi connectivity index (χ2n) is 4.70. The zero-order valence-electron chi connectivity index (χ0n) is 10.7. The molecule has 1 aliphatic carbocycles. The van der Waals surface area contributed by atoms with Crippen molar-refractivity contribution in [2.45, 2.75) is 25.2 Å². The molecule has 2 heterocycles. The molecular formula is C13H13BrN4O2. The third kappa shape index (κ3) is 3.04. The van der Waals surface area contributed by atoms with Crippen LogP contribution in [0.1, 0.15) is 40.8 Å². The number of carbonyl (C=O) groups excluding carboxylic acids is 1. The topological polar surface area (TPSA) is 80.9 Å². The second kappa shape index (κ2) is 5.70. The highest BCUT2D eigenvalue weighted by Crippen LogP contribution is 2.38. The molecule has 2 aromatic rings. The van der Waals surface area contributed by atoms with Crippen molar-refractivity contribution in [1.82, 2.24) is 20.4 Å². The summed E-state index contributed by atoms with van der Waals surface area (Å²) >= 11 is 3.32. The predicted octanol–water partition coefficient (Wildman–Crippen LogP) is 2.08. The number of carbonyl (C=O) groups is 1. The fourth-order valence-electron chi connectivity index (χ4n) is 1.83. The number of nitrogens with one attached hydrogen (secondary N) is 1. The van der Waals surface area contributed by atoms with Gasteiger partial charge in [-0.1, -0.05) is 5.16 Å². The van der Waals surface area contributed by atoms with Gasteiger partial charge in [-0.2, -0.15) is 0 Å². The number of hydrogen-bond acceptors (Lipinski definition) is 5. The van der Waals surface area contributed by atoms with Gasteiger partial charge in [0.25, 0.3) is 5.91 Å². The first-order chi connectivity index (χ1) is 9.74. The molecule has 3 rings (SSSR count). The molecule has 0 spiro atoms. The lowest BCUT2D eigenvalue weighted by Crippen LogP contribution is -2.27. The summed E-state index contributed by atoms with van der Waals surface area (Å²) in [6, 6.07) is 1.78. The Hall–Kier alpha value is -1.76. The van der Waals surface area contributed by atoms with Crippen LogP contribution in [-0.2, 0) is 6.42 Å². The minimum absolute atomic E-state index is 0.204. The van der Waals surface area contributed by atoms with E-state index in [-0.39, 0.29) is 5.91 Å². The van der Waals surface area contributed by atoms with Gasteiger partial charge in [0.1, 0.15) is 17.8 Å². The van der Waals surface area contributed by atoms with Gasteiger partial charge in [0.15, 0.2) is 0 Å². The van der Waals surface area contributed by atoms with Gasteiger partial charge in [-0.05, 0) is 28.8 Å². The average Bonchev–Trinajstić information content (AvgIpc) is 3.17. The second-order valence-corrected chi connectivity index (χ2v) is 5.55. The molecule has 104 valence electrons. The Balaban J connectivity index is 1.62. The summed E-state index contributed by atoms with van der Waals surface area (Å²) in [5.74, 6) is 0.976. The molecule has 7 heteroatoms. The molecule has 0 unspecified atom stereocenters. The van der Waals surface area contributed by atoms with Gasteiger partial charge >= 0.3 is 0 Å². The van der Waals surface area contributed by atoms with Crippen LogP contribution in [0.3, 0.4) is 0 Å². The van der Waals surface area contributed by atoms with E-state index in [1.54, 1.807) is 12.3 Å². The Bertz CT molecular complexity index is 611. The Morgan fingerprint density at radius 3 is 3.05 bits per heavy atom. The van der Waals surface area contributed by atoms with Crippen LogP contribution in [0.15, 0.2) is 27.5 Å². The van der Waals surface area contributed by atoms with E-state index in [0.29, 0.717) is 29.1 Å². The van der Waals surface area contributed by atoms with Gasteiger partial charge in [0.2, 0.25) is 0 Å². The van der Waals surface area contributed by atoms with Crippen LogP contribution >= 0.6 is 15.9 Å². The maximum atomic E-state index is 12.1. The summed E-state index contributed by atoms with van der Waals surface area (Å²) in [6.07, 6.45) is 6.00. The van der Waals surface area contributed by atoms with Gasteiger partial charge in [-0.25, -0.2) is 9.97 Å². The zero-order chi connectivity index (χ0) is 13.9. The quantitative estimate of drug-likeness (QED) is 0.903. The standard InChI is InChI=1S/C13H13BrN4O2/c14-10-7-16-12(8-1-2-8)17-11(10)13(19)15-5-3-9-4-6-20-18-9/h4,6-8H,1-3,5H2,(H,15,19). The summed E-state index contributed by atoms with van der Waals surface area (Å²) < 4.78 is 5.35. The summed E-state index contributed by atoms with van der Waals surface area (Å²) in [6.45, 7) is 0.487. The van der Waals surface area contributed by atoms with Crippen LogP contribution in [0.2, 0.25) is 0 Å². The smallest absolute Gasteiger partial charge is 0.271 e. The molecule has 0 saturated heterocycles. The maximum Gasteiger partial charge on any atom is 0.271 e. The highest BCUT2D eigenvalue weighted by atomic mass is 79.9. The lowest BCUT2D eigenvalue weighted by Gasteiger charge is -2.06. The van der Waals surface area contributed by atoms with E-state index in [0.717, 1.165) is 24.4 Å². The molecule has 0 aliphatic heterocycles. The van der Waals surface area contributed by atoms with E-state index in [2.05, 4.69) is 36.4 Å². The lowest BCUT2D eigenvalue weighted by molar-refractivity contribution is 0.0947. The van der Waals surface area contributed by atoms with E-state index in [1.807, 2.05) is 0 Å². The lowest BCUT2D eigenvalue weighted by atomic mass is 10.3. The molecule has 1 N–H and O–H groups in total. The van der Waals surface area contributed by atoms with E-state index in [1.165, 1.54) is 6.26 Å². The summed E-state index contributed by atoms with van der Waals surface area (Å²) in [5, 5.41) is 6.61. The number of hydrogen-bond donors (Lipinski definition) is 1. The minimum atomic E-state index is -0.204. The number of nitrogens with zero attached hydrogens (tertiary/aromatic N) is 3. The van der Waals surface area contributed by atoms with E-state index < -0.39 is 0 Å². The van der Waals surface area contributed by atoms with Crippen molar-refractivity contribution in [3.05, 3.63) is 40.2 Å². The third-order valence-electron chi connectivity index (χ3n) is 3.08. The molecule has 1 saturated carbocycles. The highest BCUT2D eigenvalue weighted by molar-refractivity contribution is 9.10. The molecule has 1 aliphatic rings. The number of rotatable bonds is 5.